The Morgan fingerprint density at radius 1 is 0.431 bits per heavy atom. The molecule has 0 atom stereocenters. The van der Waals surface area contributed by atoms with Gasteiger partial charge in [-0.2, -0.15) is 0 Å². The molecule has 0 unspecified atom stereocenters. The van der Waals surface area contributed by atoms with Gasteiger partial charge in [0.15, 0.2) is 23.0 Å². The summed E-state index contributed by atoms with van der Waals surface area (Å²) < 4.78 is 96.1. The Morgan fingerprint density at radius 2 is 0.690 bits per heavy atom. The molecule has 0 spiro atoms. The van der Waals surface area contributed by atoms with Crippen molar-refractivity contribution >= 4 is 47.7 Å². The Hall–Kier alpha value is -5.30. The molecule has 2 aliphatic rings. The molecular weight excluding hydrogens is 786 g/mol. The lowest BCUT2D eigenvalue weighted by atomic mass is 10.0. The fraction of sp³-hybridized carbons (Fsp3) is 0.217. The number of aryl methyl sites for hydroxylation is 4. The topological polar surface area (TPSA) is 55.4 Å². The molecule has 8 rings (SSSR count). The van der Waals surface area contributed by atoms with E-state index in [1.165, 1.54) is 0 Å². The van der Waals surface area contributed by atoms with E-state index in [1.54, 1.807) is 26.0 Å². The first-order valence-electron chi connectivity index (χ1n) is 18.8. The van der Waals surface area contributed by atoms with Crippen molar-refractivity contribution in [2.75, 3.05) is 13.2 Å². The van der Waals surface area contributed by atoms with Crippen LogP contribution in [0.15, 0.2) is 109 Å². The van der Waals surface area contributed by atoms with Crippen LogP contribution in [0, 0.1) is 27.7 Å². The van der Waals surface area contributed by atoms with Crippen molar-refractivity contribution in [1.82, 2.24) is 0 Å². The second-order valence-corrected chi connectivity index (χ2v) is 18.4. The minimum atomic E-state index is -4.12. The number of halogens is 4. The van der Waals surface area contributed by atoms with Crippen molar-refractivity contribution in [2.45, 2.75) is 54.1 Å². The van der Waals surface area contributed by atoms with Crippen molar-refractivity contribution in [3.05, 3.63) is 131 Å². The van der Waals surface area contributed by atoms with E-state index < -0.39 is 28.4 Å². The maximum Gasteiger partial charge on any atom is 0.586 e. The average Bonchev–Trinajstić information content (AvgIpc) is 3.70. The van der Waals surface area contributed by atoms with Gasteiger partial charge in [0, 0.05) is 21.7 Å². The van der Waals surface area contributed by atoms with Gasteiger partial charge in [0.2, 0.25) is 11.5 Å². The summed E-state index contributed by atoms with van der Waals surface area (Å²) in [6.07, 6.45) is -8.24. The fourth-order valence-corrected chi connectivity index (χ4v) is 12.0. The third kappa shape index (κ3) is 7.56. The van der Waals surface area contributed by atoms with Gasteiger partial charge in [-0.3, -0.25) is 0 Å². The zero-order valence-electron chi connectivity index (χ0n) is 32.7. The highest BCUT2D eigenvalue weighted by molar-refractivity contribution is 7.80. The van der Waals surface area contributed by atoms with Crippen molar-refractivity contribution in [3.8, 4) is 45.6 Å². The SMILES string of the molecule is CCOc1cc(P(c2ccc(C)cc2)c2ccc(C)cc2)c(-c2c(P(c3ccc(C)cc3)c3ccc(C)cc3)cc(OCC)c3c2OC(F)(F)O3)c2c1OC(F)(F)O2. The molecule has 0 saturated heterocycles. The monoisotopic (exact) mass is 826 g/mol. The summed E-state index contributed by atoms with van der Waals surface area (Å²) in [6.45, 7) is 11.6. The minimum absolute atomic E-state index is 0.0195. The van der Waals surface area contributed by atoms with E-state index in [1.807, 2.05) is 125 Å². The number of ether oxygens (including phenoxy) is 6. The third-order valence-electron chi connectivity index (χ3n) is 9.75. The van der Waals surface area contributed by atoms with Crippen molar-refractivity contribution in [1.29, 1.82) is 0 Å². The normalized spacial score (nSPS) is 14.6. The van der Waals surface area contributed by atoms with Gasteiger partial charge in [-0.25, -0.2) is 0 Å². The number of alkyl halides is 4. The van der Waals surface area contributed by atoms with Crippen LogP contribution in [-0.4, -0.2) is 25.8 Å². The Balaban J connectivity index is 1.57. The summed E-state index contributed by atoms with van der Waals surface area (Å²) in [5.74, 6) is -1.42. The third-order valence-corrected chi connectivity index (χ3v) is 14.7. The molecule has 6 nitrogen and oxygen atoms in total. The highest BCUT2D eigenvalue weighted by Gasteiger charge is 2.52. The van der Waals surface area contributed by atoms with Gasteiger partial charge in [0.05, 0.1) is 13.2 Å². The van der Waals surface area contributed by atoms with Crippen LogP contribution in [0.1, 0.15) is 36.1 Å². The zero-order valence-corrected chi connectivity index (χ0v) is 34.5. The molecule has 6 aromatic rings. The van der Waals surface area contributed by atoms with Gasteiger partial charge in [-0.1, -0.05) is 119 Å². The first-order valence-corrected chi connectivity index (χ1v) is 21.5. The van der Waals surface area contributed by atoms with Crippen molar-refractivity contribution in [3.63, 3.8) is 0 Å². The van der Waals surface area contributed by atoms with Crippen LogP contribution in [0.5, 0.6) is 34.5 Å². The molecule has 12 heteroatoms. The van der Waals surface area contributed by atoms with Gasteiger partial charge in [-0.15, -0.1) is 17.6 Å². The van der Waals surface area contributed by atoms with Gasteiger partial charge < -0.3 is 28.4 Å². The van der Waals surface area contributed by atoms with E-state index >= 15 is 17.6 Å². The fourth-order valence-electron chi connectivity index (χ4n) is 7.10. The van der Waals surface area contributed by atoms with Gasteiger partial charge >= 0.3 is 12.6 Å². The highest BCUT2D eigenvalue weighted by atomic mass is 31.1. The zero-order chi connectivity index (χ0) is 40.9. The van der Waals surface area contributed by atoms with Crippen LogP contribution in [0.4, 0.5) is 17.6 Å². The summed E-state index contributed by atoms with van der Waals surface area (Å²) in [5, 5.41) is 4.43. The lowest BCUT2D eigenvalue weighted by molar-refractivity contribution is -0.288. The Kier molecular flexibility index (Phi) is 10.5. The van der Waals surface area contributed by atoms with Crippen LogP contribution in [0.25, 0.3) is 11.1 Å². The van der Waals surface area contributed by atoms with Crippen LogP contribution in [0.3, 0.4) is 0 Å². The second-order valence-electron chi connectivity index (χ2n) is 14.1. The van der Waals surface area contributed by atoms with Crippen molar-refractivity contribution in [2.24, 2.45) is 0 Å². The molecule has 0 radical (unpaired) electrons. The standard InChI is InChI=1S/C46H40F4O6P2/c1-7-51-35-25-37(57(31-17-9-27(3)10-18-31)32-19-11-28(4)12-20-32)39(43-41(35)53-45(47,48)55-43)40-38(26-36(52-8-2)42-44(40)56-46(49,50)54-42)58(33-21-13-29(5)14-22-33)34-23-15-30(6)16-24-34/h9-26H,7-8H2,1-6H3. The van der Waals surface area contributed by atoms with Gasteiger partial charge in [-0.05, 0) is 90.7 Å². The summed E-state index contributed by atoms with van der Waals surface area (Å²) >= 11 is 0. The Bertz CT molecular complexity index is 2210. The summed E-state index contributed by atoms with van der Waals surface area (Å²) in [5.41, 5.74) is 4.25. The number of fused-ring (bicyclic) bond motifs is 2. The molecule has 298 valence electrons. The van der Waals surface area contributed by atoms with Crippen LogP contribution in [-0.2, 0) is 0 Å². The van der Waals surface area contributed by atoms with E-state index in [4.69, 9.17) is 28.4 Å². The van der Waals surface area contributed by atoms with Gasteiger partial charge in [0.1, 0.15) is 0 Å². The maximum absolute atomic E-state index is 15.7. The number of hydrogen-bond acceptors (Lipinski definition) is 6. The summed E-state index contributed by atoms with van der Waals surface area (Å²) in [4.78, 5) is 0. The van der Waals surface area contributed by atoms with E-state index in [-0.39, 0.29) is 58.8 Å². The predicted octanol–water partition coefficient (Wildman–Crippen LogP) is 9.54. The summed E-state index contributed by atoms with van der Waals surface area (Å²) in [6, 6.07) is 35.1. The van der Waals surface area contributed by atoms with Crippen molar-refractivity contribution < 1.29 is 46.0 Å². The van der Waals surface area contributed by atoms with Crippen LogP contribution < -0.4 is 60.2 Å². The molecular formula is C46H40F4O6P2. The lowest BCUT2D eigenvalue weighted by Crippen LogP contribution is -2.28. The molecule has 0 fully saturated rings. The van der Waals surface area contributed by atoms with Gasteiger partial charge in [0.25, 0.3) is 0 Å². The van der Waals surface area contributed by atoms with E-state index in [9.17, 15) is 0 Å². The largest absolute Gasteiger partial charge is 0.586 e. The number of benzene rings is 6. The molecule has 0 aromatic heterocycles. The maximum atomic E-state index is 15.7. The van der Waals surface area contributed by atoms with Crippen LogP contribution >= 0.6 is 15.8 Å². The molecule has 0 saturated carbocycles. The predicted molar refractivity (Wildman–Crippen MR) is 223 cm³/mol. The first kappa shape index (κ1) is 39.5. The molecule has 2 heterocycles. The van der Waals surface area contributed by atoms with E-state index in [2.05, 4.69) is 0 Å². The molecule has 2 aliphatic heterocycles. The average molecular weight is 827 g/mol. The van der Waals surface area contributed by atoms with Crippen LogP contribution in [0.2, 0.25) is 0 Å². The van der Waals surface area contributed by atoms with E-state index in [0.29, 0.717) is 10.6 Å². The molecule has 0 amide bonds. The first-order chi connectivity index (χ1) is 27.8. The highest BCUT2D eigenvalue weighted by Crippen LogP contribution is 2.61. The molecule has 58 heavy (non-hydrogen) atoms. The quantitative estimate of drug-likeness (QED) is 0.0959. The minimum Gasteiger partial charge on any atom is -0.490 e. The summed E-state index contributed by atoms with van der Waals surface area (Å²) in [7, 11) is -3.28. The smallest absolute Gasteiger partial charge is 0.490 e. The molecule has 0 N–H and O–H groups in total. The molecule has 0 bridgehead atoms. The Labute approximate surface area is 337 Å². The van der Waals surface area contributed by atoms with E-state index in [0.717, 1.165) is 43.5 Å². The molecule has 6 aromatic carbocycles. The molecule has 0 aliphatic carbocycles. The lowest BCUT2D eigenvalue weighted by Gasteiger charge is -2.28. The Morgan fingerprint density at radius 3 is 0.948 bits per heavy atom. The number of hydrogen-bond donors (Lipinski definition) is 0. The second kappa shape index (κ2) is 15.5. The number of rotatable bonds is 11.